The van der Waals surface area contributed by atoms with Gasteiger partial charge < -0.3 is 22.6 Å². The van der Waals surface area contributed by atoms with E-state index in [2.05, 4.69) is 53.4 Å². The van der Waals surface area contributed by atoms with Gasteiger partial charge >= 0.3 is 18.6 Å². The summed E-state index contributed by atoms with van der Waals surface area (Å²) in [5.74, 6) is 0. The zero-order valence-corrected chi connectivity index (χ0v) is 24.3. The van der Waals surface area contributed by atoms with Crippen LogP contribution in [0.5, 0.6) is 0 Å². The third kappa shape index (κ3) is 14.9. The van der Waals surface area contributed by atoms with Gasteiger partial charge in [0, 0.05) is 37.5 Å². The van der Waals surface area contributed by atoms with Gasteiger partial charge in [-0.05, 0) is 58.2 Å². The molecular weight excluding hydrogens is 422 g/mol. The van der Waals surface area contributed by atoms with E-state index in [1.807, 2.05) is 0 Å². The quantitative estimate of drug-likeness (QED) is 0.174. The lowest BCUT2D eigenvalue weighted by atomic mass is 10.2. The molecule has 0 aliphatic rings. The molecule has 0 aromatic heterocycles. The molecule has 0 aromatic carbocycles. The summed E-state index contributed by atoms with van der Waals surface area (Å²) in [5, 5.41) is 0. The molecule has 0 radical (unpaired) electrons. The largest absolute Gasteiger partial charge is 0.396 e. The SMILES string of the molecule is CCCO[SiH](OCCC)C(CC)CCN(CC)CCC(CC)[SiH](OCCC)OCCC. The predicted octanol–water partition coefficient (Wildman–Crippen LogP) is 5.80. The average molecular weight is 478 g/mol. The van der Waals surface area contributed by atoms with Crippen LogP contribution in [0.1, 0.15) is 99.8 Å². The Balaban J connectivity index is 4.75. The van der Waals surface area contributed by atoms with Crippen LogP contribution in [0.2, 0.25) is 11.1 Å². The highest BCUT2D eigenvalue weighted by Crippen LogP contribution is 2.25. The Labute approximate surface area is 198 Å². The molecule has 0 N–H and O–H groups in total. The first kappa shape index (κ1) is 31.2. The van der Waals surface area contributed by atoms with Gasteiger partial charge in [0.1, 0.15) is 0 Å². The van der Waals surface area contributed by atoms with Gasteiger partial charge in [-0.15, -0.1) is 0 Å². The summed E-state index contributed by atoms with van der Waals surface area (Å²) in [6.07, 6.45) is 8.96. The molecule has 0 spiro atoms. The molecule has 188 valence electrons. The van der Waals surface area contributed by atoms with Gasteiger partial charge in [-0.3, -0.25) is 0 Å². The van der Waals surface area contributed by atoms with Gasteiger partial charge in [0.2, 0.25) is 0 Å². The van der Waals surface area contributed by atoms with E-state index in [1.54, 1.807) is 0 Å². The van der Waals surface area contributed by atoms with E-state index in [0.29, 0.717) is 11.1 Å². The fraction of sp³-hybridized carbons (Fsp3) is 1.00. The number of nitrogens with zero attached hydrogens (tertiary/aromatic N) is 1. The van der Waals surface area contributed by atoms with Crippen molar-refractivity contribution in [1.82, 2.24) is 4.90 Å². The van der Waals surface area contributed by atoms with Crippen molar-refractivity contribution in [2.45, 2.75) is 111 Å². The Bertz CT molecular complexity index is 331. The van der Waals surface area contributed by atoms with Crippen molar-refractivity contribution >= 4 is 18.6 Å². The molecule has 0 amide bonds. The molecule has 0 heterocycles. The molecule has 0 saturated heterocycles. The van der Waals surface area contributed by atoms with E-state index < -0.39 is 18.6 Å². The Morgan fingerprint density at radius 2 is 0.871 bits per heavy atom. The van der Waals surface area contributed by atoms with E-state index in [0.717, 1.165) is 84.6 Å². The maximum atomic E-state index is 6.21. The first-order valence-corrected chi connectivity index (χ1v) is 16.5. The van der Waals surface area contributed by atoms with Crippen LogP contribution in [0.25, 0.3) is 0 Å². The molecule has 0 fully saturated rings. The molecule has 2 atom stereocenters. The van der Waals surface area contributed by atoms with Crippen molar-refractivity contribution in [2.75, 3.05) is 46.1 Å². The van der Waals surface area contributed by atoms with Crippen LogP contribution in [0.3, 0.4) is 0 Å². The summed E-state index contributed by atoms with van der Waals surface area (Å²) in [4.78, 5) is 2.61. The number of rotatable bonds is 23. The van der Waals surface area contributed by atoms with Gasteiger partial charge in [-0.1, -0.05) is 61.3 Å². The first-order valence-electron chi connectivity index (χ1n) is 13.3. The molecule has 7 heteroatoms. The normalized spacial score (nSPS) is 14.1. The molecule has 0 saturated carbocycles. The lowest BCUT2D eigenvalue weighted by Gasteiger charge is -2.30. The fourth-order valence-electron chi connectivity index (χ4n) is 3.77. The number of hydrogen-bond donors (Lipinski definition) is 0. The maximum Gasteiger partial charge on any atom is 0.324 e. The second-order valence-electron chi connectivity index (χ2n) is 8.57. The van der Waals surface area contributed by atoms with E-state index in [1.165, 1.54) is 12.8 Å². The highest BCUT2D eigenvalue weighted by atomic mass is 28.3. The van der Waals surface area contributed by atoms with E-state index in [4.69, 9.17) is 17.7 Å². The van der Waals surface area contributed by atoms with Gasteiger partial charge in [-0.2, -0.15) is 0 Å². The molecule has 5 nitrogen and oxygen atoms in total. The van der Waals surface area contributed by atoms with Crippen LogP contribution in [-0.2, 0) is 17.7 Å². The minimum absolute atomic E-state index is 0.594. The first-order chi connectivity index (χ1) is 15.1. The summed E-state index contributed by atoms with van der Waals surface area (Å²) in [6, 6.07) is 0. The van der Waals surface area contributed by atoms with Crippen LogP contribution in [-0.4, -0.2) is 69.5 Å². The summed E-state index contributed by atoms with van der Waals surface area (Å²) in [7, 11) is -3.20. The second-order valence-corrected chi connectivity index (χ2v) is 13.3. The highest BCUT2D eigenvalue weighted by Gasteiger charge is 2.27. The van der Waals surface area contributed by atoms with E-state index in [9.17, 15) is 0 Å². The molecule has 0 aromatic rings. The van der Waals surface area contributed by atoms with Gasteiger partial charge in [0.15, 0.2) is 0 Å². The summed E-state index contributed by atoms with van der Waals surface area (Å²) < 4.78 is 24.8. The maximum absolute atomic E-state index is 6.21. The average Bonchev–Trinajstić information content (AvgIpc) is 2.80. The van der Waals surface area contributed by atoms with Crippen molar-refractivity contribution in [3.8, 4) is 0 Å². The third-order valence-electron chi connectivity index (χ3n) is 5.84. The smallest absolute Gasteiger partial charge is 0.324 e. The van der Waals surface area contributed by atoms with Crippen LogP contribution >= 0.6 is 0 Å². The van der Waals surface area contributed by atoms with Crippen LogP contribution in [0.15, 0.2) is 0 Å². The Morgan fingerprint density at radius 3 is 1.10 bits per heavy atom. The molecular formula is C24H55NO4Si2. The van der Waals surface area contributed by atoms with Crippen LogP contribution in [0.4, 0.5) is 0 Å². The van der Waals surface area contributed by atoms with Crippen molar-refractivity contribution in [1.29, 1.82) is 0 Å². The summed E-state index contributed by atoms with van der Waals surface area (Å²) in [6.45, 7) is 22.3. The zero-order chi connectivity index (χ0) is 23.3. The minimum atomic E-state index is -1.60. The lowest BCUT2D eigenvalue weighted by Crippen LogP contribution is -2.35. The van der Waals surface area contributed by atoms with E-state index >= 15 is 0 Å². The molecule has 0 rings (SSSR count). The van der Waals surface area contributed by atoms with Crippen molar-refractivity contribution in [3.05, 3.63) is 0 Å². The van der Waals surface area contributed by atoms with Crippen molar-refractivity contribution < 1.29 is 17.7 Å². The lowest BCUT2D eigenvalue weighted by molar-refractivity contribution is 0.176. The molecule has 0 bridgehead atoms. The summed E-state index contributed by atoms with van der Waals surface area (Å²) in [5.41, 5.74) is 1.19. The molecule has 0 aliphatic carbocycles. The molecule has 2 unspecified atom stereocenters. The van der Waals surface area contributed by atoms with Gasteiger partial charge in [0.05, 0.1) is 0 Å². The van der Waals surface area contributed by atoms with Crippen molar-refractivity contribution in [3.63, 3.8) is 0 Å². The van der Waals surface area contributed by atoms with Crippen LogP contribution in [0, 0.1) is 0 Å². The number of hydrogen-bond acceptors (Lipinski definition) is 5. The molecule has 31 heavy (non-hydrogen) atoms. The monoisotopic (exact) mass is 477 g/mol. The van der Waals surface area contributed by atoms with Gasteiger partial charge in [0.25, 0.3) is 0 Å². The van der Waals surface area contributed by atoms with Crippen LogP contribution < -0.4 is 0 Å². The zero-order valence-electron chi connectivity index (χ0n) is 22.0. The Kier molecular flexibility index (Phi) is 22.2. The molecule has 0 aliphatic heterocycles. The fourth-order valence-corrected chi connectivity index (χ4v) is 8.53. The summed E-state index contributed by atoms with van der Waals surface area (Å²) >= 11 is 0. The third-order valence-corrected chi connectivity index (χ3v) is 11.2. The standard InChI is InChI=1S/C24H55NO4Si2/c1-8-19-26-30(27-20-9-2)23(12-5)15-17-25(14-7)18-16-24(13-6)31(28-21-10-3)29-22-11-4/h23-24,30-31H,8-22H2,1-7H3. The van der Waals surface area contributed by atoms with E-state index in [-0.39, 0.29) is 0 Å². The second kappa shape index (κ2) is 22.0. The van der Waals surface area contributed by atoms with Gasteiger partial charge in [-0.25, -0.2) is 0 Å². The predicted molar refractivity (Wildman–Crippen MR) is 139 cm³/mol. The minimum Gasteiger partial charge on any atom is -0.396 e. The highest BCUT2D eigenvalue weighted by molar-refractivity contribution is 6.46. The topological polar surface area (TPSA) is 40.2 Å². The Hall–Kier alpha value is 0.234. The van der Waals surface area contributed by atoms with Crippen molar-refractivity contribution in [2.24, 2.45) is 0 Å². The Morgan fingerprint density at radius 1 is 0.548 bits per heavy atom.